The summed E-state index contributed by atoms with van der Waals surface area (Å²) in [6.45, 7) is 3.08. The van der Waals surface area contributed by atoms with Crippen molar-refractivity contribution in [1.82, 2.24) is 5.32 Å². The summed E-state index contributed by atoms with van der Waals surface area (Å²) in [6.07, 6.45) is -0.320. The van der Waals surface area contributed by atoms with Gasteiger partial charge in [-0.3, -0.25) is 4.99 Å². The highest BCUT2D eigenvalue weighted by Crippen LogP contribution is 2.37. The number of ether oxygens (including phenoxy) is 1. The summed E-state index contributed by atoms with van der Waals surface area (Å²) in [5, 5.41) is 12.6. The molecule has 0 spiro atoms. The maximum absolute atomic E-state index is 14.6. The third-order valence-corrected chi connectivity index (χ3v) is 3.94. The van der Waals surface area contributed by atoms with Crippen LogP contribution in [0.5, 0.6) is 5.75 Å². The Labute approximate surface area is 165 Å². The van der Waals surface area contributed by atoms with Crippen molar-refractivity contribution in [2.45, 2.75) is 25.6 Å². The fraction of sp³-hybridized carbons (Fsp3) is 0.316. The van der Waals surface area contributed by atoms with E-state index >= 15 is 0 Å². The molecule has 29 heavy (non-hydrogen) atoms. The van der Waals surface area contributed by atoms with E-state index in [-0.39, 0.29) is 40.5 Å². The van der Waals surface area contributed by atoms with Crippen LogP contribution in [0.25, 0.3) is 5.70 Å². The van der Waals surface area contributed by atoms with E-state index < -0.39 is 23.2 Å². The predicted octanol–water partition coefficient (Wildman–Crippen LogP) is 2.65. The number of aliphatic imine (C=N–C) groups is 1. The molecule has 0 saturated carbocycles. The van der Waals surface area contributed by atoms with E-state index in [9.17, 15) is 22.7 Å². The Morgan fingerprint density at radius 1 is 1.24 bits per heavy atom. The molecule has 1 heterocycles. The molecule has 1 aromatic rings. The van der Waals surface area contributed by atoms with Gasteiger partial charge in [0.15, 0.2) is 0 Å². The summed E-state index contributed by atoms with van der Waals surface area (Å²) in [7, 11) is 1.12. The van der Waals surface area contributed by atoms with Gasteiger partial charge in [0.05, 0.1) is 36.1 Å². The maximum atomic E-state index is 14.6. The highest BCUT2D eigenvalue weighted by molar-refractivity contribution is 6.04. The Morgan fingerprint density at radius 2 is 1.90 bits per heavy atom. The standard InChI is InChI=1S/C19H22F4N4O2/c1-18(2,28)9-27-17(25)12-8-26-5-4-11(12)16(24)15-13(20)6-10(19(21,22)23)7-14(15)29-3/h4-8,26,28H,9,24H2,1-3H3,(H2,25,27)/b16-11-. The molecule has 0 bridgehead atoms. The highest BCUT2D eigenvalue weighted by Gasteiger charge is 2.33. The first kappa shape index (κ1) is 22.3. The van der Waals surface area contributed by atoms with E-state index in [0.29, 0.717) is 12.1 Å². The summed E-state index contributed by atoms with van der Waals surface area (Å²) < 4.78 is 58.5. The zero-order valence-corrected chi connectivity index (χ0v) is 16.1. The van der Waals surface area contributed by atoms with Crippen LogP contribution < -0.4 is 21.5 Å². The Balaban J connectivity index is 2.60. The molecule has 0 saturated heterocycles. The Bertz CT molecular complexity index is 910. The molecule has 158 valence electrons. The molecule has 0 radical (unpaired) electrons. The van der Waals surface area contributed by atoms with E-state index in [1.165, 1.54) is 18.5 Å². The number of nitrogens with one attached hydrogen (secondary N) is 1. The molecule has 10 heteroatoms. The summed E-state index contributed by atoms with van der Waals surface area (Å²) in [5.74, 6) is -1.56. The van der Waals surface area contributed by atoms with Gasteiger partial charge in [0.25, 0.3) is 0 Å². The van der Waals surface area contributed by atoms with Crippen molar-refractivity contribution in [3.63, 3.8) is 0 Å². The number of nitrogens with two attached hydrogens (primary N) is 2. The number of benzene rings is 1. The fourth-order valence-corrected chi connectivity index (χ4v) is 2.54. The molecule has 0 aromatic heterocycles. The normalized spacial score (nSPS) is 17.0. The number of aliphatic hydroxyl groups is 1. The molecule has 6 nitrogen and oxygen atoms in total. The summed E-state index contributed by atoms with van der Waals surface area (Å²) in [4.78, 5) is 4.10. The van der Waals surface area contributed by atoms with E-state index in [1.54, 1.807) is 13.8 Å². The number of allylic oxidation sites excluding steroid dienone is 1. The van der Waals surface area contributed by atoms with Gasteiger partial charge in [-0.15, -0.1) is 0 Å². The molecule has 1 aliphatic rings. The Kier molecular flexibility index (Phi) is 6.27. The summed E-state index contributed by atoms with van der Waals surface area (Å²) in [6, 6.07) is 1.02. The second-order valence-corrected chi connectivity index (χ2v) is 6.93. The number of dihydropyridines is 1. The predicted molar refractivity (Wildman–Crippen MR) is 102 cm³/mol. The SMILES string of the molecule is COc1cc(C(F)(F)F)cc(F)c1/C(N)=C1\C=CNC=C1C(N)=NCC(C)(C)O. The van der Waals surface area contributed by atoms with Crippen LogP contribution in [0.2, 0.25) is 0 Å². The zero-order valence-electron chi connectivity index (χ0n) is 16.1. The molecule has 0 fully saturated rings. The Morgan fingerprint density at radius 3 is 2.45 bits per heavy atom. The van der Waals surface area contributed by atoms with Crippen LogP contribution in [-0.4, -0.2) is 30.2 Å². The van der Waals surface area contributed by atoms with Crippen molar-refractivity contribution in [2.75, 3.05) is 13.7 Å². The minimum Gasteiger partial charge on any atom is -0.496 e. The first-order valence-corrected chi connectivity index (χ1v) is 8.46. The lowest BCUT2D eigenvalue weighted by atomic mass is 9.96. The van der Waals surface area contributed by atoms with Gasteiger partial charge in [0.1, 0.15) is 17.4 Å². The minimum absolute atomic E-state index is 0.00760. The van der Waals surface area contributed by atoms with Gasteiger partial charge in [-0.05, 0) is 32.1 Å². The van der Waals surface area contributed by atoms with Gasteiger partial charge in [-0.2, -0.15) is 13.2 Å². The van der Waals surface area contributed by atoms with Crippen molar-refractivity contribution >= 4 is 11.5 Å². The monoisotopic (exact) mass is 414 g/mol. The number of amidine groups is 1. The second-order valence-electron chi connectivity index (χ2n) is 6.93. The molecule has 1 aromatic carbocycles. The average Bonchev–Trinajstić information content (AvgIpc) is 2.63. The zero-order chi connectivity index (χ0) is 22.0. The second kappa shape index (κ2) is 8.16. The van der Waals surface area contributed by atoms with Gasteiger partial charge in [0.2, 0.25) is 0 Å². The molecule has 0 aliphatic carbocycles. The highest BCUT2D eigenvalue weighted by atomic mass is 19.4. The quantitative estimate of drug-likeness (QED) is 0.337. The van der Waals surface area contributed by atoms with Crippen LogP contribution in [0, 0.1) is 5.82 Å². The molecule has 1 aliphatic heterocycles. The molecule has 6 N–H and O–H groups in total. The number of hydrogen-bond donors (Lipinski definition) is 4. The van der Waals surface area contributed by atoms with E-state index in [2.05, 4.69) is 10.3 Å². The van der Waals surface area contributed by atoms with Crippen LogP contribution in [-0.2, 0) is 6.18 Å². The van der Waals surface area contributed by atoms with Crippen LogP contribution in [0.1, 0.15) is 25.0 Å². The lowest BCUT2D eigenvalue weighted by Crippen LogP contribution is -2.27. The lowest BCUT2D eigenvalue weighted by Gasteiger charge is -2.20. The third kappa shape index (κ3) is 5.29. The molecule has 0 unspecified atom stereocenters. The summed E-state index contributed by atoms with van der Waals surface area (Å²) in [5.41, 5.74) is 9.80. The molecular weight excluding hydrogens is 392 g/mol. The third-order valence-electron chi connectivity index (χ3n) is 3.94. The average molecular weight is 414 g/mol. The number of halogens is 4. The van der Waals surface area contributed by atoms with Gasteiger partial charge in [-0.25, -0.2) is 4.39 Å². The molecular formula is C19H22F4N4O2. The van der Waals surface area contributed by atoms with Crippen molar-refractivity contribution in [1.29, 1.82) is 0 Å². The van der Waals surface area contributed by atoms with Crippen LogP contribution in [0.15, 0.2) is 46.7 Å². The minimum atomic E-state index is -4.75. The largest absolute Gasteiger partial charge is 0.496 e. The molecule has 0 atom stereocenters. The number of nitrogens with zero attached hydrogens (tertiary/aromatic N) is 1. The lowest BCUT2D eigenvalue weighted by molar-refractivity contribution is -0.137. The van der Waals surface area contributed by atoms with E-state index in [4.69, 9.17) is 16.2 Å². The first-order chi connectivity index (χ1) is 13.3. The van der Waals surface area contributed by atoms with E-state index in [0.717, 1.165) is 7.11 Å². The van der Waals surface area contributed by atoms with Crippen LogP contribution in [0.4, 0.5) is 17.6 Å². The van der Waals surface area contributed by atoms with Crippen LogP contribution in [0.3, 0.4) is 0 Å². The first-order valence-electron chi connectivity index (χ1n) is 8.46. The van der Waals surface area contributed by atoms with Crippen molar-refractivity contribution in [3.8, 4) is 5.75 Å². The number of rotatable bonds is 5. The van der Waals surface area contributed by atoms with Gasteiger partial charge in [0, 0.05) is 23.5 Å². The summed E-state index contributed by atoms with van der Waals surface area (Å²) >= 11 is 0. The van der Waals surface area contributed by atoms with Crippen molar-refractivity contribution in [2.24, 2.45) is 16.5 Å². The molecule has 0 amide bonds. The smallest absolute Gasteiger partial charge is 0.416 e. The van der Waals surface area contributed by atoms with E-state index in [1.807, 2.05) is 0 Å². The number of methoxy groups -OCH3 is 1. The van der Waals surface area contributed by atoms with Crippen molar-refractivity contribution in [3.05, 3.63) is 58.7 Å². The maximum Gasteiger partial charge on any atom is 0.416 e. The topological polar surface area (TPSA) is 106 Å². The van der Waals surface area contributed by atoms with Crippen LogP contribution >= 0.6 is 0 Å². The van der Waals surface area contributed by atoms with Gasteiger partial charge >= 0.3 is 6.18 Å². The molecule has 2 rings (SSSR count). The number of hydrogen-bond acceptors (Lipinski definition) is 5. The fourth-order valence-electron chi connectivity index (χ4n) is 2.54. The van der Waals surface area contributed by atoms with Gasteiger partial charge in [-0.1, -0.05) is 0 Å². The number of alkyl halides is 3. The van der Waals surface area contributed by atoms with Crippen molar-refractivity contribution < 1.29 is 27.4 Å². The van der Waals surface area contributed by atoms with Gasteiger partial charge < -0.3 is 26.6 Å². The Hall–Kier alpha value is -3.01.